The van der Waals surface area contributed by atoms with E-state index in [1.54, 1.807) is 4.68 Å². The van der Waals surface area contributed by atoms with Crippen molar-refractivity contribution in [1.82, 2.24) is 20.4 Å². The number of carbonyl (C=O) groups is 2. The van der Waals surface area contributed by atoms with Crippen molar-refractivity contribution >= 4 is 45.0 Å². The SMILES string of the molecule is Cc1nn(-c2ccccc2Cl)c2sc(C(=O)NC(Cc3ccccc3)C(=O)NC3CC3)cc12. The highest BCUT2D eigenvalue weighted by molar-refractivity contribution is 7.20. The zero-order chi connectivity index (χ0) is 22.9. The summed E-state index contributed by atoms with van der Waals surface area (Å²) in [6.45, 7) is 1.91. The second kappa shape index (κ2) is 9.00. The summed E-state index contributed by atoms with van der Waals surface area (Å²) in [7, 11) is 0. The van der Waals surface area contributed by atoms with Crippen LogP contribution in [-0.4, -0.2) is 33.7 Å². The molecule has 2 heterocycles. The third kappa shape index (κ3) is 4.65. The molecule has 2 N–H and O–H groups in total. The maximum Gasteiger partial charge on any atom is 0.262 e. The minimum Gasteiger partial charge on any atom is -0.352 e. The first-order chi connectivity index (χ1) is 16.0. The Hall–Kier alpha value is -3.16. The largest absolute Gasteiger partial charge is 0.352 e. The van der Waals surface area contributed by atoms with E-state index in [9.17, 15) is 9.59 Å². The van der Waals surface area contributed by atoms with Gasteiger partial charge in [0.2, 0.25) is 5.91 Å². The molecule has 2 amide bonds. The quantitative estimate of drug-likeness (QED) is 0.405. The Kier molecular flexibility index (Phi) is 5.91. The van der Waals surface area contributed by atoms with Crippen molar-refractivity contribution < 1.29 is 9.59 Å². The Morgan fingerprint density at radius 1 is 1.15 bits per heavy atom. The number of fused-ring (bicyclic) bond motifs is 1. The molecule has 1 aliphatic rings. The first-order valence-corrected chi connectivity index (χ1v) is 12.1. The maximum atomic E-state index is 13.2. The molecule has 5 rings (SSSR count). The van der Waals surface area contributed by atoms with Crippen molar-refractivity contribution in [3.05, 3.63) is 81.8 Å². The summed E-state index contributed by atoms with van der Waals surface area (Å²) in [6, 6.07) is 18.6. The van der Waals surface area contributed by atoms with E-state index in [-0.39, 0.29) is 17.9 Å². The fourth-order valence-corrected chi connectivity index (χ4v) is 5.06. The molecule has 0 aliphatic heterocycles. The average molecular weight is 479 g/mol. The monoisotopic (exact) mass is 478 g/mol. The van der Waals surface area contributed by atoms with Crippen LogP contribution < -0.4 is 10.6 Å². The molecule has 0 spiro atoms. The van der Waals surface area contributed by atoms with E-state index in [2.05, 4.69) is 15.7 Å². The predicted molar refractivity (Wildman–Crippen MR) is 131 cm³/mol. The van der Waals surface area contributed by atoms with Crippen LogP contribution >= 0.6 is 22.9 Å². The molecule has 8 heteroatoms. The lowest BCUT2D eigenvalue weighted by atomic mass is 10.1. The molecule has 33 heavy (non-hydrogen) atoms. The van der Waals surface area contributed by atoms with Crippen molar-refractivity contribution in [2.24, 2.45) is 0 Å². The molecule has 1 fully saturated rings. The number of rotatable bonds is 7. The summed E-state index contributed by atoms with van der Waals surface area (Å²) in [6.07, 6.45) is 2.42. The highest BCUT2D eigenvalue weighted by atomic mass is 35.5. The number of halogens is 1. The molecule has 1 unspecified atom stereocenters. The Morgan fingerprint density at radius 2 is 1.88 bits per heavy atom. The van der Waals surface area contributed by atoms with Crippen LogP contribution in [0.5, 0.6) is 0 Å². The van der Waals surface area contributed by atoms with E-state index in [1.807, 2.05) is 67.6 Å². The number of benzene rings is 2. The lowest BCUT2D eigenvalue weighted by Gasteiger charge is -2.18. The lowest BCUT2D eigenvalue weighted by molar-refractivity contribution is -0.123. The van der Waals surface area contributed by atoms with E-state index in [1.165, 1.54) is 11.3 Å². The molecule has 4 aromatic rings. The standard InChI is InChI=1S/C25H23ClN4O2S/c1-15-18-14-22(33-25(18)30(29-15)21-10-6-5-9-19(21)26)24(32)28-20(23(31)27-17-11-12-17)13-16-7-3-2-4-8-16/h2-10,14,17,20H,11-13H2,1H3,(H,27,31)(H,28,32). The number of para-hydroxylation sites is 1. The van der Waals surface area contributed by atoms with Crippen LogP contribution in [0.1, 0.15) is 33.8 Å². The van der Waals surface area contributed by atoms with Gasteiger partial charge < -0.3 is 10.6 Å². The number of carbonyl (C=O) groups excluding carboxylic acids is 2. The van der Waals surface area contributed by atoms with Gasteiger partial charge in [-0.1, -0.05) is 54.1 Å². The summed E-state index contributed by atoms with van der Waals surface area (Å²) >= 11 is 7.73. The zero-order valence-electron chi connectivity index (χ0n) is 18.0. The van der Waals surface area contributed by atoms with E-state index in [4.69, 9.17) is 11.6 Å². The van der Waals surface area contributed by atoms with E-state index in [0.29, 0.717) is 16.3 Å². The van der Waals surface area contributed by atoms with Crippen molar-refractivity contribution in [1.29, 1.82) is 0 Å². The third-order valence-electron chi connectivity index (χ3n) is 5.68. The molecular weight excluding hydrogens is 456 g/mol. The molecule has 2 aromatic heterocycles. The van der Waals surface area contributed by atoms with Crippen molar-refractivity contribution in [3.8, 4) is 5.69 Å². The lowest BCUT2D eigenvalue weighted by Crippen LogP contribution is -2.48. The van der Waals surface area contributed by atoms with Gasteiger partial charge in [-0.25, -0.2) is 4.68 Å². The summed E-state index contributed by atoms with van der Waals surface area (Å²) in [4.78, 5) is 27.4. The van der Waals surface area contributed by atoms with E-state index < -0.39 is 6.04 Å². The average Bonchev–Trinajstić information content (AvgIpc) is 3.42. The molecule has 1 atom stereocenters. The van der Waals surface area contributed by atoms with Gasteiger partial charge in [0.05, 0.1) is 21.3 Å². The molecule has 1 saturated carbocycles. The van der Waals surface area contributed by atoms with Crippen LogP contribution in [0.2, 0.25) is 5.02 Å². The van der Waals surface area contributed by atoms with Gasteiger partial charge in [-0.15, -0.1) is 11.3 Å². The number of hydrogen-bond acceptors (Lipinski definition) is 4. The first-order valence-electron chi connectivity index (χ1n) is 10.9. The maximum absolute atomic E-state index is 13.2. The third-order valence-corrected chi connectivity index (χ3v) is 7.11. The number of hydrogen-bond donors (Lipinski definition) is 2. The van der Waals surface area contributed by atoms with Crippen LogP contribution in [0, 0.1) is 6.92 Å². The predicted octanol–water partition coefficient (Wildman–Crippen LogP) is 4.67. The fourth-order valence-electron chi connectivity index (χ4n) is 3.76. The van der Waals surface area contributed by atoms with Gasteiger partial charge >= 0.3 is 0 Å². The minimum absolute atomic E-state index is 0.144. The number of nitrogens with zero attached hydrogens (tertiary/aromatic N) is 2. The van der Waals surface area contributed by atoms with Gasteiger partial charge in [-0.3, -0.25) is 9.59 Å². The Bertz CT molecular complexity index is 1330. The number of thiophene rings is 1. The van der Waals surface area contributed by atoms with Gasteiger partial charge in [0.25, 0.3) is 5.91 Å². The molecule has 6 nitrogen and oxygen atoms in total. The highest BCUT2D eigenvalue weighted by Gasteiger charge is 2.29. The second-order valence-corrected chi connectivity index (χ2v) is 9.71. The normalized spacial score (nSPS) is 14.2. The van der Waals surface area contributed by atoms with Crippen molar-refractivity contribution in [2.75, 3.05) is 0 Å². The molecule has 2 aromatic carbocycles. The van der Waals surface area contributed by atoms with Gasteiger partial charge in [0, 0.05) is 17.8 Å². The number of nitrogens with one attached hydrogen (secondary N) is 2. The zero-order valence-corrected chi connectivity index (χ0v) is 19.6. The summed E-state index contributed by atoms with van der Waals surface area (Å²) in [5.74, 6) is -0.414. The number of aromatic nitrogens is 2. The van der Waals surface area contributed by atoms with Crippen LogP contribution in [-0.2, 0) is 11.2 Å². The fraction of sp³-hybridized carbons (Fsp3) is 0.240. The van der Waals surface area contributed by atoms with Gasteiger partial charge in [0.15, 0.2) is 0 Å². The molecule has 0 bridgehead atoms. The Balaban J connectivity index is 1.42. The van der Waals surface area contributed by atoms with Crippen LogP contribution in [0.15, 0.2) is 60.7 Å². The van der Waals surface area contributed by atoms with E-state index >= 15 is 0 Å². The smallest absolute Gasteiger partial charge is 0.262 e. The summed E-state index contributed by atoms with van der Waals surface area (Å²) < 4.78 is 1.77. The topological polar surface area (TPSA) is 76.0 Å². The van der Waals surface area contributed by atoms with Crippen LogP contribution in [0.3, 0.4) is 0 Å². The molecule has 1 aliphatic carbocycles. The summed E-state index contributed by atoms with van der Waals surface area (Å²) in [5, 5.41) is 12.1. The molecule has 0 saturated heterocycles. The van der Waals surface area contributed by atoms with Crippen molar-refractivity contribution in [3.63, 3.8) is 0 Å². The number of amides is 2. The highest BCUT2D eigenvalue weighted by Crippen LogP contribution is 2.32. The molecule has 168 valence electrons. The number of aryl methyl sites for hydroxylation is 1. The van der Waals surface area contributed by atoms with Crippen LogP contribution in [0.4, 0.5) is 0 Å². The Labute approximate surface area is 200 Å². The van der Waals surface area contributed by atoms with Gasteiger partial charge in [-0.2, -0.15) is 5.10 Å². The van der Waals surface area contributed by atoms with Gasteiger partial charge in [-0.05, 0) is 43.5 Å². The van der Waals surface area contributed by atoms with Crippen molar-refractivity contribution in [2.45, 2.75) is 38.3 Å². The Morgan fingerprint density at radius 3 is 2.61 bits per heavy atom. The molecular formula is C25H23ClN4O2S. The van der Waals surface area contributed by atoms with Gasteiger partial charge in [0.1, 0.15) is 10.9 Å². The first kappa shape index (κ1) is 21.7. The minimum atomic E-state index is -0.646. The summed E-state index contributed by atoms with van der Waals surface area (Å²) in [5.41, 5.74) is 2.57. The van der Waals surface area contributed by atoms with Crippen LogP contribution in [0.25, 0.3) is 15.9 Å². The molecule has 0 radical (unpaired) electrons. The second-order valence-electron chi connectivity index (χ2n) is 8.28. The van der Waals surface area contributed by atoms with E-state index in [0.717, 1.165) is 40.0 Å².